The molecule has 0 atom stereocenters. The SMILES string of the molecule is CN(C)C(=O)CC(F)(F)F. The molecule has 5 heteroatoms. The Morgan fingerprint density at radius 3 is 1.90 bits per heavy atom. The summed E-state index contributed by atoms with van der Waals surface area (Å²) in [7, 11) is 2.57. The summed E-state index contributed by atoms with van der Waals surface area (Å²) in [6.07, 6.45) is -5.76. The monoisotopic (exact) mass is 155 g/mol. The van der Waals surface area contributed by atoms with Crippen LogP contribution in [0, 0.1) is 0 Å². The number of rotatable bonds is 1. The molecular formula is C5H8F3NO. The van der Waals surface area contributed by atoms with E-state index in [0.717, 1.165) is 4.90 Å². The van der Waals surface area contributed by atoms with Gasteiger partial charge in [0.25, 0.3) is 0 Å². The van der Waals surface area contributed by atoms with E-state index in [2.05, 4.69) is 0 Å². The standard InChI is InChI=1S/C5H8F3NO/c1-9(2)4(10)3-5(6,7)8/h3H2,1-2H3. The Labute approximate surface area is 56.6 Å². The summed E-state index contributed by atoms with van der Waals surface area (Å²) in [5.74, 6) is -0.924. The van der Waals surface area contributed by atoms with E-state index in [0.29, 0.717) is 0 Å². The highest BCUT2D eigenvalue weighted by Crippen LogP contribution is 2.19. The molecule has 0 aliphatic rings. The van der Waals surface area contributed by atoms with Gasteiger partial charge in [-0.15, -0.1) is 0 Å². The van der Waals surface area contributed by atoms with Gasteiger partial charge in [0.2, 0.25) is 5.91 Å². The van der Waals surface area contributed by atoms with E-state index < -0.39 is 18.5 Å². The Morgan fingerprint density at radius 2 is 1.80 bits per heavy atom. The van der Waals surface area contributed by atoms with Gasteiger partial charge in [-0.1, -0.05) is 0 Å². The van der Waals surface area contributed by atoms with Gasteiger partial charge in [0.05, 0.1) is 0 Å². The molecule has 0 heterocycles. The molecule has 0 aromatic carbocycles. The van der Waals surface area contributed by atoms with Crippen LogP contribution >= 0.6 is 0 Å². The van der Waals surface area contributed by atoms with E-state index in [1.165, 1.54) is 14.1 Å². The maximum Gasteiger partial charge on any atom is 0.397 e. The van der Waals surface area contributed by atoms with Gasteiger partial charge >= 0.3 is 6.18 Å². The summed E-state index contributed by atoms with van der Waals surface area (Å²) in [5.41, 5.74) is 0. The lowest BCUT2D eigenvalue weighted by atomic mass is 10.4. The second kappa shape index (κ2) is 2.90. The lowest BCUT2D eigenvalue weighted by Crippen LogP contribution is -2.27. The van der Waals surface area contributed by atoms with Crippen LogP contribution < -0.4 is 0 Å². The van der Waals surface area contributed by atoms with Gasteiger partial charge in [-0.3, -0.25) is 4.79 Å². The molecule has 0 saturated carbocycles. The van der Waals surface area contributed by atoms with Crippen LogP contribution in [0.4, 0.5) is 13.2 Å². The molecule has 0 spiro atoms. The number of carbonyl (C=O) groups is 1. The van der Waals surface area contributed by atoms with E-state index >= 15 is 0 Å². The van der Waals surface area contributed by atoms with E-state index in [-0.39, 0.29) is 0 Å². The van der Waals surface area contributed by atoms with Crippen molar-refractivity contribution in [2.75, 3.05) is 14.1 Å². The van der Waals surface area contributed by atoms with Crippen LogP contribution in [0.25, 0.3) is 0 Å². The van der Waals surface area contributed by atoms with E-state index in [9.17, 15) is 18.0 Å². The van der Waals surface area contributed by atoms with Gasteiger partial charge in [-0.2, -0.15) is 13.2 Å². The van der Waals surface area contributed by atoms with E-state index in [1.54, 1.807) is 0 Å². The predicted octanol–water partition coefficient (Wildman–Crippen LogP) is 1.03. The van der Waals surface area contributed by atoms with E-state index in [4.69, 9.17) is 0 Å². The van der Waals surface area contributed by atoms with Crippen molar-refractivity contribution in [1.82, 2.24) is 4.90 Å². The van der Waals surface area contributed by atoms with Gasteiger partial charge in [0.1, 0.15) is 6.42 Å². The largest absolute Gasteiger partial charge is 0.397 e. The minimum atomic E-state index is -4.39. The Kier molecular flexibility index (Phi) is 2.68. The fourth-order valence-corrected chi connectivity index (χ4v) is 0.330. The zero-order chi connectivity index (χ0) is 8.36. The lowest BCUT2D eigenvalue weighted by molar-refractivity contribution is -0.159. The average molecular weight is 155 g/mol. The Morgan fingerprint density at radius 1 is 1.40 bits per heavy atom. The fraction of sp³-hybridized carbons (Fsp3) is 0.800. The Hall–Kier alpha value is -0.740. The third-order valence-electron chi connectivity index (χ3n) is 0.850. The molecule has 0 radical (unpaired) electrons. The minimum Gasteiger partial charge on any atom is -0.349 e. The maximum absolute atomic E-state index is 11.4. The molecule has 0 saturated heterocycles. The molecule has 0 bridgehead atoms. The number of halogens is 3. The molecule has 0 unspecified atom stereocenters. The summed E-state index contributed by atoms with van der Waals surface area (Å²) in [5, 5.41) is 0. The van der Waals surface area contributed by atoms with Gasteiger partial charge in [-0.05, 0) is 0 Å². The van der Waals surface area contributed by atoms with Crippen molar-refractivity contribution in [3.05, 3.63) is 0 Å². The number of hydrogen-bond acceptors (Lipinski definition) is 1. The molecule has 0 fully saturated rings. The summed E-state index contributed by atoms with van der Waals surface area (Å²) in [6, 6.07) is 0. The first-order valence-corrected chi connectivity index (χ1v) is 2.60. The Balaban J connectivity index is 3.81. The topological polar surface area (TPSA) is 20.3 Å². The second-order valence-electron chi connectivity index (χ2n) is 2.08. The van der Waals surface area contributed by atoms with Crippen LogP contribution in [-0.2, 0) is 4.79 Å². The van der Waals surface area contributed by atoms with Gasteiger partial charge in [0, 0.05) is 14.1 Å². The summed E-state index contributed by atoms with van der Waals surface area (Å²) >= 11 is 0. The molecule has 60 valence electrons. The first kappa shape index (κ1) is 9.26. The van der Waals surface area contributed by atoms with Crippen molar-refractivity contribution < 1.29 is 18.0 Å². The molecule has 2 nitrogen and oxygen atoms in total. The molecule has 0 N–H and O–H groups in total. The van der Waals surface area contributed by atoms with Crippen LogP contribution in [0.1, 0.15) is 6.42 Å². The van der Waals surface area contributed by atoms with Crippen LogP contribution in [0.3, 0.4) is 0 Å². The highest BCUT2D eigenvalue weighted by molar-refractivity contribution is 5.76. The smallest absolute Gasteiger partial charge is 0.349 e. The molecule has 0 aromatic rings. The number of alkyl halides is 3. The van der Waals surface area contributed by atoms with Gasteiger partial charge < -0.3 is 4.90 Å². The highest BCUT2D eigenvalue weighted by atomic mass is 19.4. The molecule has 1 amide bonds. The third-order valence-corrected chi connectivity index (χ3v) is 0.850. The molecule has 0 rings (SSSR count). The van der Waals surface area contributed by atoms with Crippen molar-refractivity contribution in [3.63, 3.8) is 0 Å². The van der Waals surface area contributed by atoms with Crippen molar-refractivity contribution in [3.8, 4) is 0 Å². The number of amides is 1. The van der Waals surface area contributed by atoms with Gasteiger partial charge in [0.15, 0.2) is 0 Å². The Bertz CT molecular complexity index is 129. The molecule has 10 heavy (non-hydrogen) atoms. The zero-order valence-electron chi connectivity index (χ0n) is 5.70. The lowest BCUT2D eigenvalue weighted by Gasteiger charge is -2.11. The summed E-state index contributed by atoms with van der Waals surface area (Å²) < 4.78 is 34.3. The highest BCUT2D eigenvalue weighted by Gasteiger charge is 2.31. The van der Waals surface area contributed by atoms with Crippen LogP contribution in [0.5, 0.6) is 0 Å². The normalized spacial score (nSPS) is 11.3. The predicted molar refractivity (Wildman–Crippen MR) is 29.4 cm³/mol. The zero-order valence-corrected chi connectivity index (χ0v) is 5.70. The molecule has 0 aromatic heterocycles. The van der Waals surface area contributed by atoms with Crippen LogP contribution in [0.15, 0.2) is 0 Å². The quantitative estimate of drug-likeness (QED) is 0.553. The van der Waals surface area contributed by atoms with Crippen molar-refractivity contribution >= 4 is 5.91 Å². The van der Waals surface area contributed by atoms with Gasteiger partial charge in [-0.25, -0.2) is 0 Å². The number of hydrogen-bond donors (Lipinski definition) is 0. The van der Waals surface area contributed by atoms with Crippen LogP contribution in [0.2, 0.25) is 0 Å². The van der Waals surface area contributed by atoms with E-state index in [1.807, 2.05) is 0 Å². The van der Waals surface area contributed by atoms with Crippen molar-refractivity contribution in [1.29, 1.82) is 0 Å². The minimum absolute atomic E-state index is 0.910. The maximum atomic E-state index is 11.4. The second-order valence-corrected chi connectivity index (χ2v) is 2.08. The van der Waals surface area contributed by atoms with Crippen LogP contribution in [-0.4, -0.2) is 31.1 Å². The first-order valence-electron chi connectivity index (χ1n) is 2.60. The molecule has 0 aliphatic heterocycles. The van der Waals surface area contributed by atoms with Crippen molar-refractivity contribution in [2.45, 2.75) is 12.6 Å². The first-order chi connectivity index (χ1) is 4.33. The van der Waals surface area contributed by atoms with Crippen molar-refractivity contribution in [2.24, 2.45) is 0 Å². The molecule has 0 aliphatic carbocycles. The fourth-order valence-electron chi connectivity index (χ4n) is 0.330. The number of carbonyl (C=O) groups excluding carboxylic acids is 1. The summed E-state index contributed by atoms with van der Waals surface area (Å²) in [4.78, 5) is 11.3. The number of nitrogens with zero attached hydrogens (tertiary/aromatic N) is 1. The summed E-state index contributed by atoms with van der Waals surface area (Å²) in [6.45, 7) is 0. The average Bonchev–Trinajstić information content (AvgIpc) is 1.60. The molecular weight excluding hydrogens is 147 g/mol. The third kappa shape index (κ3) is 4.17.